The van der Waals surface area contributed by atoms with Crippen LogP contribution in [0.25, 0.3) is 0 Å². The third-order valence-corrected chi connectivity index (χ3v) is 4.47. The number of nitrogens with zero attached hydrogens (tertiary/aromatic N) is 1. The lowest BCUT2D eigenvalue weighted by molar-refractivity contribution is -0.140. The average molecular weight is 269 g/mol. The van der Waals surface area contributed by atoms with Gasteiger partial charge in [-0.1, -0.05) is 6.92 Å². The van der Waals surface area contributed by atoms with Crippen LogP contribution < -0.4 is 0 Å². The van der Waals surface area contributed by atoms with Crippen molar-refractivity contribution in [1.82, 2.24) is 4.90 Å². The standard InChI is InChI=1S/C13H19NO3S/c1-8-6-11(15)14(12(8)16)7-9-2-4-10(5-3-9)13(17)18/h8-10H,2-7H2,1H3,(H,17,18). The summed E-state index contributed by atoms with van der Waals surface area (Å²) < 4.78 is 0. The molecule has 0 aromatic rings. The minimum absolute atomic E-state index is 0.0320. The Hall–Kier alpha value is -0.840. The second-order valence-electron chi connectivity index (χ2n) is 5.50. The van der Waals surface area contributed by atoms with Crippen LogP contribution in [0.4, 0.5) is 0 Å². The van der Waals surface area contributed by atoms with Crippen molar-refractivity contribution < 1.29 is 14.4 Å². The smallest absolute Gasteiger partial charge is 0.232 e. The molecule has 1 aliphatic heterocycles. The number of likely N-dealkylation sites (tertiary alicyclic amines) is 1. The van der Waals surface area contributed by atoms with Crippen molar-refractivity contribution in [3.8, 4) is 0 Å². The van der Waals surface area contributed by atoms with Crippen LogP contribution in [0.3, 0.4) is 0 Å². The Bertz CT molecular complexity index is 374. The first-order chi connectivity index (χ1) is 8.49. The van der Waals surface area contributed by atoms with E-state index in [1.807, 2.05) is 0 Å². The maximum Gasteiger partial charge on any atom is 0.232 e. The fourth-order valence-corrected chi connectivity index (χ4v) is 3.15. The number of carbonyl (C=O) groups is 3. The number of imide groups is 1. The third-order valence-electron chi connectivity index (χ3n) is 4.11. The van der Waals surface area contributed by atoms with E-state index in [2.05, 4.69) is 12.6 Å². The number of rotatable bonds is 3. The molecule has 0 N–H and O–H groups in total. The molecule has 0 aromatic heterocycles. The highest BCUT2D eigenvalue weighted by molar-refractivity contribution is 7.96. The molecule has 1 unspecified atom stereocenters. The molecule has 2 amide bonds. The van der Waals surface area contributed by atoms with Gasteiger partial charge in [0, 0.05) is 24.8 Å². The fourth-order valence-electron chi connectivity index (χ4n) is 2.89. The number of thiol groups is 1. The van der Waals surface area contributed by atoms with Crippen molar-refractivity contribution >= 4 is 29.6 Å². The van der Waals surface area contributed by atoms with Crippen LogP contribution in [0.2, 0.25) is 0 Å². The van der Waals surface area contributed by atoms with Gasteiger partial charge in [0.2, 0.25) is 11.8 Å². The van der Waals surface area contributed by atoms with Crippen LogP contribution in [0.15, 0.2) is 0 Å². The van der Waals surface area contributed by atoms with Gasteiger partial charge in [0.25, 0.3) is 0 Å². The second-order valence-corrected chi connectivity index (χ2v) is 5.94. The van der Waals surface area contributed by atoms with Crippen LogP contribution in [-0.2, 0) is 14.4 Å². The molecule has 1 saturated carbocycles. The highest BCUT2D eigenvalue weighted by Gasteiger charge is 2.37. The Kier molecular flexibility index (Phi) is 4.10. The van der Waals surface area contributed by atoms with E-state index in [-0.39, 0.29) is 28.8 Å². The lowest BCUT2D eigenvalue weighted by Crippen LogP contribution is -2.36. The summed E-state index contributed by atoms with van der Waals surface area (Å²) in [6.45, 7) is 2.34. The number of hydrogen-bond acceptors (Lipinski definition) is 3. The van der Waals surface area contributed by atoms with Crippen molar-refractivity contribution in [1.29, 1.82) is 0 Å². The lowest BCUT2D eigenvalue weighted by Gasteiger charge is -2.29. The van der Waals surface area contributed by atoms with Gasteiger partial charge in [-0.05, 0) is 31.6 Å². The van der Waals surface area contributed by atoms with Gasteiger partial charge in [0.05, 0.1) is 0 Å². The Morgan fingerprint density at radius 2 is 1.89 bits per heavy atom. The van der Waals surface area contributed by atoms with Crippen molar-refractivity contribution in [2.75, 3.05) is 6.54 Å². The van der Waals surface area contributed by atoms with Gasteiger partial charge in [-0.2, -0.15) is 0 Å². The highest BCUT2D eigenvalue weighted by atomic mass is 32.1. The molecule has 0 aromatic carbocycles. The zero-order valence-corrected chi connectivity index (χ0v) is 11.5. The third kappa shape index (κ3) is 2.76. The Morgan fingerprint density at radius 3 is 2.33 bits per heavy atom. The molecular weight excluding hydrogens is 250 g/mol. The summed E-state index contributed by atoms with van der Waals surface area (Å²) in [5.41, 5.74) is 0. The molecule has 1 aliphatic carbocycles. The summed E-state index contributed by atoms with van der Waals surface area (Å²) in [5.74, 6) is 0.181. The van der Waals surface area contributed by atoms with E-state index < -0.39 is 0 Å². The number of carbonyl (C=O) groups excluding carboxylic acids is 3. The van der Waals surface area contributed by atoms with Crippen LogP contribution in [0.1, 0.15) is 39.0 Å². The average Bonchev–Trinajstić information content (AvgIpc) is 2.57. The molecule has 4 nitrogen and oxygen atoms in total. The molecule has 2 fully saturated rings. The van der Waals surface area contributed by atoms with E-state index in [9.17, 15) is 14.4 Å². The summed E-state index contributed by atoms with van der Waals surface area (Å²) in [5, 5.41) is -0.0320. The molecule has 2 rings (SSSR count). The molecule has 1 heterocycles. The minimum Gasteiger partial charge on any atom is -0.287 e. The molecule has 18 heavy (non-hydrogen) atoms. The van der Waals surface area contributed by atoms with E-state index in [1.54, 1.807) is 6.92 Å². The summed E-state index contributed by atoms with van der Waals surface area (Å²) in [4.78, 5) is 36.0. The normalized spacial score (nSPS) is 33.0. The quantitative estimate of drug-likeness (QED) is 0.626. The van der Waals surface area contributed by atoms with Gasteiger partial charge in [-0.25, -0.2) is 0 Å². The predicted octanol–water partition coefficient (Wildman–Crippen LogP) is 1.64. The van der Waals surface area contributed by atoms with E-state index in [0.717, 1.165) is 25.7 Å². The van der Waals surface area contributed by atoms with Crippen LogP contribution in [0, 0.1) is 17.8 Å². The molecule has 1 atom stereocenters. The monoisotopic (exact) mass is 269 g/mol. The molecular formula is C13H19NO3S. The van der Waals surface area contributed by atoms with Gasteiger partial charge < -0.3 is 0 Å². The van der Waals surface area contributed by atoms with E-state index in [1.165, 1.54) is 4.90 Å². The van der Waals surface area contributed by atoms with E-state index in [0.29, 0.717) is 18.9 Å². The van der Waals surface area contributed by atoms with Gasteiger partial charge in [-0.15, -0.1) is 12.6 Å². The molecule has 0 radical (unpaired) electrons. The maximum atomic E-state index is 11.8. The van der Waals surface area contributed by atoms with Crippen LogP contribution in [-0.4, -0.2) is 28.4 Å². The zero-order chi connectivity index (χ0) is 13.3. The van der Waals surface area contributed by atoms with Gasteiger partial charge in [0.15, 0.2) is 5.12 Å². The lowest BCUT2D eigenvalue weighted by atomic mass is 9.82. The minimum atomic E-state index is -0.159. The molecule has 100 valence electrons. The molecule has 5 heteroatoms. The summed E-state index contributed by atoms with van der Waals surface area (Å²) in [6, 6.07) is 0. The van der Waals surface area contributed by atoms with E-state index in [4.69, 9.17) is 0 Å². The first-order valence-corrected chi connectivity index (χ1v) is 7.00. The second kappa shape index (κ2) is 5.43. The summed E-state index contributed by atoms with van der Waals surface area (Å²) in [6.07, 6.45) is 3.83. The number of amides is 2. The highest BCUT2D eigenvalue weighted by Crippen LogP contribution is 2.32. The fraction of sp³-hybridized carbons (Fsp3) is 0.769. The molecule has 0 bridgehead atoms. The first kappa shape index (κ1) is 13.6. The Balaban J connectivity index is 1.87. The van der Waals surface area contributed by atoms with Gasteiger partial charge in [-0.3, -0.25) is 19.3 Å². The van der Waals surface area contributed by atoms with Gasteiger partial charge in [0.1, 0.15) is 0 Å². The largest absolute Gasteiger partial charge is 0.287 e. The summed E-state index contributed by atoms with van der Waals surface area (Å²) >= 11 is 3.87. The SMILES string of the molecule is CC1CC(=O)N(CC2CCC(C(=O)S)CC2)C1=O. The van der Waals surface area contributed by atoms with Crippen LogP contribution in [0.5, 0.6) is 0 Å². The topological polar surface area (TPSA) is 54.5 Å². The summed E-state index contributed by atoms with van der Waals surface area (Å²) in [7, 11) is 0. The van der Waals surface area contributed by atoms with Crippen molar-refractivity contribution in [3.63, 3.8) is 0 Å². The maximum absolute atomic E-state index is 11.8. The molecule has 0 spiro atoms. The zero-order valence-electron chi connectivity index (χ0n) is 10.6. The number of hydrogen-bond donors (Lipinski definition) is 1. The van der Waals surface area contributed by atoms with Crippen molar-refractivity contribution in [3.05, 3.63) is 0 Å². The van der Waals surface area contributed by atoms with Crippen molar-refractivity contribution in [2.24, 2.45) is 17.8 Å². The Morgan fingerprint density at radius 1 is 1.28 bits per heavy atom. The van der Waals surface area contributed by atoms with E-state index >= 15 is 0 Å². The van der Waals surface area contributed by atoms with Crippen LogP contribution >= 0.6 is 12.6 Å². The first-order valence-electron chi connectivity index (χ1n) is 6.56. The van der Waals surface area contributed by atoms with Gasteiger partial charge >= 0.3 is 0 Å². The molecule has 2 aliphatic rings. The molecule has 1 saturated heterocycles. The Labute approximate surface area is 113 Å². The predicted molar refractivity (Wildman–Crippen MR) is 69.9 cm³/mol. The van der Waals surface area contributed by atoms with Crippen molar-refractivity contribution in [2.45, 2.75) is 39.0 Å².